The molecule has 0 fully saturated rings. The van der Waals surface area contributed by atoms with Crippen molar-refractivity contribution in [3.05, 3.63) is 131 Å². The van der Waals surface area contributed by atoms with Crippen LogP contribution in [-0.2, 0) is 4.79 Å². The van der Waals surface area contributed by atoms with E-state index in [1.165, 1.54) is 6.07 Å². The van der Waals surface area contributed by atoms with Gasteiger partial charge in [0.05, 0.1) is 0 Å². The molecule has 0 aliphatic heterocycles. The fraction of sp³-hybridized carbons (Fsp3) is 0. The molecule has 0 amide bonds. The molecule has 0 unspecified atom stereocenters. The van der Waals surface area contributed by atoms with Gasteiger partial charge in [0.2, 0.25) is 6.29 Å². The highest BCUT2D eigenvalue weighted by Crippen LogP contribution is 2.27. The van der Waals surface area contributed by atoms with E-state index in [1.54, 1.807) is 36.4 Å². The van der Waals surface area contributed by atoms with Gasteiger partial charge in [0.1, 0.15) is 0 Å². The molecule has 0 aromatic heterocycles. The molecule has 3 nitrogen and oxygen atoms in total. The predicted octanol–water partition coefficient (Wildman–Crippen LogP) is 5.91. The highest BCUT2D eigenvalue weighted by molar-refractivity contribution is 6.25. The summed E-state index contributed by atoms with van der Waals surface area (Å²) < 4.78 is 0. The second-order valence-corrected chi connectivity index (χ2v) is 7.58. The number of hydrogen-bond donors (Lipinski definition) is 0. The van der Waals surface area contributed by atoms with Crippen molar-refractivity contribution >= 4 is 39.4 Å². The quantitative estimate of drug-likeness (QED) is 0.337. The molecule has 0 aliphatic carbocycles. The Balaban J connectivity index is 1.68. The highest BCUT2D eigenvalue weighted by atomic mass is 16.1. The first-order chi connectivity index (χ1) is 15.7. The Hall–Kier alpha value is -4.37. The molecule has 5 rings (SSSR count). The predicted molar refractivity (Wildman–Crippen MR) is 126 cm³/mol. The van der Waals surface area contributed by atoms with Crippen molar-refractivity contribution in [2.45, 2.75) is 0 Å². The van der Waals surface area contributed by atoms with E-state index in [0.717, 1.165) is 21.5 Å². The Morgan fingerprint density at radius 3 is 2.03 bits per heavy atom. The lowest BCUT2D eigenvalue weighted by molar-refractivity contribution is 0.100. The van der Waals surface area contributed by atoms with Gasteiger partial charge >= 0.3 is 0 Å². The molecule has 32 heavy (non-hydrogen) atoms. The van der Waals surface area contributed by atoms with Crippen LogP contribution in [0.5, 0.6) is 0 Å². The molecule has 0 saturated carbocycles. The van der Waals surface area contributed by atoms with Gasteiger partial charge < -0.3 is 0 Å². The number of carbonyl (C=O) groups excluding carboxylic acids is 3. The molecule has 0 heterocycles. The topological polar surface area (TPSA) is 51.2 Å². The molecule has 5 aromatic rings. The standard InChI is InChI=1S/C29H17O3/c30-18-23-11-6-14-26(28(31)22-16-15-19-7-1-2-9-21(19)17-22)27(23)29(32)25-13-5-10-20-8-3-4-12-24(20)25/h1-17H. The molecule has 3 heteroatoms. The smallest absolute Gasteiger partial charge is 0.234 e. The minimum atomic E-state index is -0.370. The molecule has 0 aliphatic rings. The lowest BCUT2D eigenvalue weighted by Crippen LogP contribution is -2.14. The van der Waals surface area contributed by atoms with Gasteiger partial charge in [-0.25, -0.2) is 0 Å². The lowest BCUT2D eigenvalue weighted by atomic mass is 9.88. The van der Waals surface area contributed by atoms with E-state index in [9.17, 15) is 14.4 Å². The van der Waals surface area contributed by atoms with Crippen LogP contribution in [0.4, 0.5) is 0 Å². The van der Waals surface area contributed by atoms with Gasteiger partial charge in [0.15, 0.2) is 11.6 Å². The van der Waals surface area contributed by atoms with Gasteiger partial charge in [-0.3, -0.25) is 14.4 Å². The summed E-state index contributed by atoms with van der Waals surface area (Å²) in [6, 6.07) is 30.9. The summed E-state index contributed by atoms with van der Waals surface area (Å²) in [7, 11) is 0. The minimum absolute atomic E-state index is 0.0783. The Labute approximate surface area is 184 Å². The SMILES string of the molecule is O=[C]c1cccc(C(=O)c2ccc3ccccc3c2)c1C(=O)c1cccc2ccccc12. The van der Waals surface area contributed by atoms with Crippen LogP contribution in [0.2, 0.25) is 0 Å². The summed E-state index contributed by atoms with van der Waals surface area (Å²) in [6.45, 7) is 0. The van der Waals surface area contributed by atoms with Crippen LogP contribution >= 0.6 is 0 Å². The van der Waals surface area contributed by atoms with Crippen molar-refractivity contribution in [3.8, 4) is 0 Å². The van der Waals surface area contributed by atoms with Crippen LogP contribution in [0.15, 0.2) is 103 Å². The molecule has 151 valence electrons. The van der Waals surface area contributed by atoms with Gasteiger partial charge in [0, 0.05) is 27.8 Å². The van der Waals surface area contributed by atoms with Gasteiger partial charge in [-0.1, -0.05) is 97.1 Å². The average Bonchev–Trinajstić information content (AvgIpc) is 2.86. The lowest BCUT2D eigenvalue weighted by Gasteiger charge is -2.12. The molecule has 0 bridgehead atoms. The van der Waals surface area contributed by atoms with Crippen LogP contribution in [0.25, 0.3) is 21.5 Å². The summed E-state index contributed by atoms with van der Waals surface area (Å²) in [4.78, 5) is 38.9. The first kappa shape index (κ1) is 19.6. The third-order valence-electron chi connectivity index (χ3n) is 5.69. The Bertz CT molecular complexity index is 1520. The van der Waals surface area contributed by atoms with Crippen LogP contribution in [0, 0.1) is 0 Å². The van der Waals surface area contributed by atoms with Crippen molar-refractivity contribution in [2.24, 2.45) is 0 Å². The molecule has 0 spiro atoms. The molecule has 0 N–H and O–H groups in total. The van der Waals surface area contributed by atoms with E-state index in [1.807, 2.05) is 66.9 Å². The average molecular weight is 413 g/mol. The number of carbonyl (C=O) groups is 2. The molecule has 0 atom stereocenters. The maximum Gasteiger partial charge on any atom is 0.234 e. The van der Waals surface area contributed by atoms with E-state index in [-0.39, 0.29) is 28.3 Å². The fourth-order valence-electron chi connectivity index (χ4n) is 4.12. The van der Waals surface area contributed by atoms with Crippen molar-refractivity contribution in [1.29, 1.82) is 0 Å². The summed E-state index contributed by atoms with van der Waals surface area (Å²) in [6.07, 6.45) is 1.85. The number of fused-ring (bicyclic) bond motifs is 2. The normalized spacial score (nSPS) is 10.9. The van der Waals surface area contributed by atoms with Crippen molar-refractivity contribution in [1.82, 2.24) is 0 Å². The third-order valence-corrected chi connectivity index (χ3v) is 5.69. The highest BCUT2D eigenvalue weighted by Gasteiger charge is 2.24. The number of ketones is 2. The first-order valence-electron chi connectivity index (χ1n) is 10.2. The van der Waals surface area contributed by atoms with Gasteiger partial charge in [-0.05, 0) is 27.6 Å². The first-order valence-corrected chi connectivity index (χ1v) is 10.2. The summed E-state index contributed by atoms with van der Waals surface area (Å²) in [5.41, 5.74) is 1.25. The molecular weight excluding hydrogens is 396 g/mol. The summed E-state index contributed by atoms with van der Waals surface area (Å²) in [5, 5.41) is 3.63. The van der Waals surface area contributed by atoms with E-state index in [0.29, 0.717) is 11.1 Å². The minimum Gasteiger partial charge on any atom is -0.289 e. The molecule has 0 saturated heterocycles. The van der Waals surface area contributed by atoms with Gasteiger partial charge in [-0.15, -0.1) is 0 Å². The van der Waals surface area contributed by atoms with Crippen molar-refractivity contribution < 1.29 is 14.4 Å². The van der Waals surface area contributed by atoms with Crippen LogP contribution in [0.1, 0.15) is 37.4 Å². The number of hydrogen-bond acceptors (Lipinski definition) is 3. The maximum atomic E-state index is 13.7. The zero-order chi connectivity index (χ0) is 22.1. The second kappa shape index (κ2) is 8.05. The van der Waals surface area contributed by atoms with Crippen LogP contribution in [0.3, 0.4) is 0 Å². The van der Waals surface area contributed by atoms with E-state index in [4.69, 9.17) is 0 Å². The largest absolute Gasteiger partial charge is 0.289 e. The summed E-state index contributed by atoms with van der Waals surface area (Å²) >= 11 is 0. The van der Waals surface area contributed by atoms with Crippen LogP contribution < -0.4 is 0 Å². The summed E-state index contributed by atoms with van der Waals surface area (Å²) in [5.74, 6) is -0.679. The Morgan fingerprint density at radius 1 is 0.562 bits per heavy atom. The zero-order valence-electron chi connectivity index (χ0n) is 17.0. The van der Waals surface area contributed by atoms with E-state index in [2.05, 4.69) is 0 Å². The van der Waals surface area contributed by atoms with Crippen LogP contribution in [-0.4, -0.2) is 17.9 Å². The monoisotopic (exact) mass is 413 g/mol. The van der Waals surface area contributed by atoms with Gasteiger partial charge in [0.25, 0.3) is 0 Å². The molecule has 1 radical (unpaired) electrons. The zero-order valence-corrected chi connectivity index (χ0v) is 17.0. The molecular formula is C29H17O3. The number of benzene rings is 5. The fourth-order valence-corrected chi connectivity index (χ4v) is 4.12. The third kappa shape index (κ3) is 3.30. The second-order valence-electron chi connectivity index (χ2n) is 7.58. The van der Waals surface area contributed by atoms with Crippen molar-refractivity contribution in [3.63, 3.8) is 0 Å². The van der Waals surface area contributed by atoms with Gasteiger partial charge in [-0.2, -0.15) is 0 Å². The van der Waals surface area contributed by atoms with Crippen molar-refractivity contribution in [2.75, 3.05) is 0 Å². The Kier molecular flexibility index (Phi) is 4.92. The van der Waals surface area contributed by atoms with E-state index < -0.39 is 0 Å². The maximum absolute atomic E-state index is 13.7. The van der Waals surface area contributed by atoms with E-state index >= 15 is 0 Å². The molecule has 5 aromatic carbocycles. The Morgan fingerprint density at radius 2 is 1.22 bits per heavy atom. The number of rotatable bonds is 5.